The molecular weight excluding hydrogens is 1630 g/mol. The molecule has 8 aromatic rings. The van der Waals surface area contributed by atoms with E-state index in [2.05, 4.69) is 41.2 Å². The van der Waals surface area contributed by atoms with E-state index >= 15 is 0 Å². The zero-order chi connectivity index (χ0) is 90.6. The molecule has 0 bridgehead atoms. The van der Waals surface area contributed by atoms with Crippen molar-refractivity contribution >= 4 is 55.3 Å². The molecule has 0 atom stereocenters. The fourth-order valence-corrected chi connectivity index (χ4v) is 13.2. The van der Waals surface area contributed by atoms with Gasteiger partial charge in [-0.15, -0.1) is 20.4 Å². The maximum absolute atomic E-state index is 11.9. The van der Waals surface area contributed by atoms with Crippen molar-refractivity contribution in [3.63, 3.8) is 0 Å². The van der Waals surface area contributed by atoms with Gasteiger partial charge in [0.1, 0.15) is 0 Å². The van der Waals surface area contributed by atoms with Crippen molar-refractivity contribution in [2.75, 3.05) is 159 Å². The number of nitrogens with zero attached hydrogens (tertiary/aromatic N) is 12. The largest absolute Gasteiger partial charge is 0.490 e. The van der Waals surface area contributed by atoms with Crippen molar-refractivity contribution in [1.29, 1.82) is 0 Å². The van der Waals surface area contributed by atoms with Crippen LogP contribution in [-0.4, -0.2) is 274 Å². The van der Waals surface area contributed by atoms with Gasteiger partial charge in [0.25, 0.3) is 0 Å². The highest BCUT2D eigenvalue weighted by Gasteiger charge is 2.33. The number of carbonyl (C=O) groups is 4. The Morgan fingerprint density at radius 3 is 0.772 bits per heavy atom. The first kappa shape index (κ1) is 103. The molecule has 0 fully saturated rings. The summed E-state index contributed by atoms with van der Waals surface area (Å²) in [6.45, 7) is 23.7. The Kier molecular flexibility index (Phi) is 47.5. The first-order valence-electron chi connectivity index (χ1n) is 43.6. The fourth-order valence-electron chi connectivity index (χ4n) is 13.2. The first-order valence-corrected chi connectivity index (χ1v) is 43.6. The van der Waals surface area contributed by atoms with E-state index in [4.69, 9.17) is 117 Å². The average Bonchev–Trinajstić information content (AvgIpc) is 1.81. The van der Waals surface area contributed by atoms with Crippen LogP contribution < -0.4 is 37.9 Å². The van der Waals surface area contributed by atoms with Crippen molar-refractivity contribution in [2.45, 2.75) is 184 Å². The molecule has 0 aliphatic rings. The molecule has 0 saturated carbocycles. The molecule has 38 heteroatoms. The minimum atomic E-state index is -0.761. The van der Waals surface area contributed by atoms with Gasteiger partial charge in [0.05, 0.1) is 192 Å². The van der Waals surface area contributed by atoms with Gasteiger partial charge >= 0.3 is 23.9 Å². The van der Waals surface area contributed by atoms with Crippen LogP contribution in [0.15, 0.2) is 73.3 Å². The van der Waals surface area contributed by atoms with Crippen molar-refractivity contribution in [1.82, 2.24) is 60.0 Å². The third kappa shape index (κ3) is 39.5. The van der Waals surface area contributed by atoms with Crippen LogP contribution in [0.2, 0.25) is 0 Å². The molecule has 8 radical (unpaired) electrons. The number of carbonyl (C=O) groups excluding carboxylic acids is 4. The summed E-state index contributed by atoms with van der Waals surface area (Å²) in [7, 11) is 23.6. The van der Waals surface area contributed by atoms with Gasteiger partial charge in [-0.05, 0) is 151 Å². The fraction of sp³-hybridized carbons (Fsp3) is 0.596. The summed E-state index contributed by atoms with van der Waals surface area (Å²) in [6, 6.07) is 14.7. The topological polar surface area (TPSA) is 357 Å². The van der Waals surface area contributed by atoms with Crippen LogP contribution in [0.5, 0.6) is 46.0 Å². The summed E-state index contributed by atoms with van der Waals surface area (Å²) in [5, 5.41) is 34.6. The highest BCUT2D eigenvalue weighted by Crippen LogP contribution is 2.37. The Balaban J connectivity index is 0.784. The molecule has 0 aliphatic carbocycles. The molecule has 0 unspecified atom stereocenters. The Hall–Kier alpha value is -9.62. The van der Waals surface area contributed by atoms with E-state index in [0.29, 0.717) is 281 Å². The van der Waals surface area contributed by atoms with Gasteiger partial charge in [-0.1, -0.05) is 92.7 Å². The zero-order valence-electron chi connectivity index (χ0n) is 75.2. The van der Waals surface area contributed by atoms with Crippen LogP contribution in [0.3, 0.4) is 0 Å². The summed E-state index contributed by atoms with van der Waals surface area (Å²) in [6.07, 6.45) is 16.8. The molecule has 8 rings (SSSR count). The minimum absolute atomic E-state index is 0.220. The second-order valence-electron chi connectivity index (χ2n) is 30.6. The number of benzene rings is 4. The Morgan fingerprint density at radius 2 is 0.512 bits per heavy atom. The number of aromatic nitrogens is 12. The third-order valence-electron chi connectivity index (χ3n) is 19.4. The molecule has 34 nitrogen and oxygen atoms in total. The lowest BCUT2D eigenvalue weighted by Gasteiger charge is -2.33. The van der Waals surface area contributed by atoms with Crippen molar-refractivity contribution in [3.05, 3.63) is 141 Å². The highest BCUT2D eigenvalue weighted by atomic mass is 16.6. The van der Waals surface area contributed by atoms with E-state index in [0.717, 1.165) is 80.1 Å². The van der Waals surface area contributed by atoms with E-state index in [1.54, 1.807) is 43.0 Å². The van der Waals surface area contributed by atoms with Gasteiger partial charge in [-0.3, -0.25) is 28.5 Å². The van der Waals surface area contributed by atoms with Gasteiger partial charge in [0, 0.05) is 105 Å². The van der Waals surface area contributed by atoms with Gasteiger partial charge in [-0.2, -0.15) is 0 Å². The zero-order valence-corrected chi connectivity index (χ0v) is 75.2. The van der Waals surface area contributed by atoms with Crippen molar-refractivity contribution in [2.24, 2.45) is 5.41 Å². The first-order chi connectivity index (χ1) is 61.7. The number of hydrogen-bond acceptors (Lipinski definition) is 30. The van der Waals surface area contributed by atoms with Gasteiger partial charge in [0.2, 0.25) is 0 Å². The second kappa shape index (κ2) is 58.8. The maximum atomic E-state index is 11.9. The van der Waals surface area contributed by atoms with E-state index in [1.807, 2.05) is 76.7 Å². The Morgan fingerprint density at radius 1 is 0.283 bits per heavy atom. The standard InChI is InChI=1S/C89H124B4N12O22/c1-65-45-73(53-90)49-81(85(65)124-69(5)106)120-31-9-17-77-57-102(98-94-77)21-13-25-110-37-39-112-27-15-29-116-61-89(63-118-43-41-114-35-23-104-59-79(96-100-104)19-11-33-122-83-51-75(55-92)47-67(3)87(83)126-71(7)108,64-119-44-42-115-36-24-105-60-80(97-101-105)20-12-34-123-84-52-76(56-93)48-68(4)88(84)127-72(8)109)62-117-30-16-28-113-40-38-111-26-14-22-103-58-78(95-99-103)18-10-32-121-82-50-74(54-91)46-66(2)86(82)125-70(6)107/h45-52,57-60H,9-44,53-56,61-64H2,1-8H3. The molecular formula is C89H124B4N12O22. The van der Waals surface area contributed by atoms with Gasteiger partial charge in [0.15, 0.2) is 46.0 Å². The number of ether oxygens (including phenoxy) is 18. The summed E-state index contributed by atoms with van der Waals surface area (Å²) in [4.78, 5) is 47.3. The number of aryl methyl sites for hydroxylation is 10. The average molecular weight is 1760 g/mol. The molecule has 0 saturated heterocycles. The van der Waals surface area contributed by atoms with Crippen molar-refractivity contribution in [3.8, 4) is 46.0 Å². The monoisotopic (exact) mass is 1760 g/mol. The summed E-state index contributed by atoms with van der Waals surface area (Å²) < 4.78 is 115. The third-order valence-corrected chi connectivity index (χ3v) is 19.4. The smallest absolute Gasteiger partial charge is 0.308 e. The van der Waals surface area contributed by atoms with Crippen LogP contribution in [0.25, 0.3) is 0 Å². The number of rotatable bonds is 70. The van der Waals surface area contributed by atoms with Crippen molar-refractivity contribution < 1.29 is 104 Å². The lowest BCUT2D eigenvalue weighted by molar-refractivity contribution is -0.133. The molecule has 0 spiro atoms. The molecule has 684 valence electrons. The molecule has 4 aromatic heterocycles. The quantitative estimate of drug-likeness (QED) is 0.0149. The van der Waals surface area contributed by atoms with Crippen LogP contribution in [-0.2, 0) is 144 Å². The Labute approximate surface area is 750 Å². The molecule has 127 heavy (non-hydrogen) atoms. The highest BCUT2D eigenvalue weighted by molar-refractivity contribution is 6.09. The van der Waals surface area contributed by atoms with Crippen LogP contribution in [0.1, 0.15) is 146 Å². The lowest BCUT2D eigenvalue weighted by Crippen LogP contribution is -2.42. The normalized spacial score (nSPS) is 11.5. The van der Waals surface area contributed by atoms with E-state index in [1.165, 1.54) is 27.7 Å². The predicted molar refractivity (Wildman–Crippen MR) is 472 cm³/mol. The molecule has 4 aromatic carbocycles. The minimum Gasteiger partial charge on any atom is -0.490 e. The van der Waals surface area contributed by atoms with Gasteiger partial charge in [-0.25, -0.2) is 9.36 Å². The van der Waals surface area contributed by atoms with Crippen LogP contribution in [0.4, 0.5) is 0 Å². The van der Waals surface area contributed by atoms with Crippen LogP contribution >= 0.6 is 0 Å². The second-order valence-corrected chi connectivity index (χ2v) is 30.6. The van der Waals surface area contributed by atoms with E-state index in [9.17, 15) is 19.2 Å². The summed E-state index contributed by atoms with van der Waals surface area (Å²) in [5.74, 6) is 1.73. The Bertz CT molecular complexity index is 4270. The molecule has 0 aliphatic heterocycles. The van der Waals surface area contributed by atoms with E-state index < -0.39 is 29.3 Å². The lowest BCUT2D eigenvalue weighted by atomic mass is 9.92. The van der Waals surface area contributed by atoms with Gasteiger partial charge < -0.3 is 85.3 Å². The summed E-state index contributed by atoms with van der Waals surface area (Å²) in [5.41, 5.74) is 9.08. The number of hydrogen-bond donors (Lipinski definition) is 0. The molecule has 0 amide bonds. The SMILES string of the molecule is [B]Cc1cc(C)c(OC(C)=O)c(OCCCc2cn(CCCOCCOCCCOCC(COCCCOCCOCCCn3cc(CCCOc4cc(C[B])cc(C)c4OC(C)=O)nn3)(COCCOCCn3cc(CCCOc4cc(C[B])cc(C)c4OC(C)=O)nn3)COCCOCCn3cc(CCCOc4cc(C[B])cc(C)c4OC(C)=O)nn3)nn2)c1. The van der Waals surface area contributed by atoms with E-state index in [-0.39, 0.29) is 39.6 Å². The predicted octanol–water partition coefficient (Wildman–Crippen LogP) is 8.52. The summed E-state index contributed by atoms with van der Waals surface area (Å²) >= 11 is 0. The number of esters is 4. The maximum Gasteiger partial charge on any atom is 0.308 e. The molecule has 0 N–H and O–H groups in total. The molecule has 4 heterocycles. The van der Waals surface area contributed by atoms with Crippen LogP contribution in [0, 0.1) is 33.1 Å².